The van der Waals surface area contributed by atoms with Gasteiger partial charge >= 0.3 is 0 Å². The Hall–Kier alpha value is -3.16. The van der Waals surface area contributed by atoms with Crippen LogP contribution in [0.3, 0.4) is 0 Å². The van der Waals surface area contributed by atoms with Gasteiger partial charge in [0.25, 0.3) is 0 Å². The fourth-order valence-electron chi connectivity index (χ4n) is 5.58. The Morgan fingerprint density at radius 2 is 1.65 bits per heavy atom. The van der Waals surface area contributed by atoms with Gasteiger partial charge in [0.1, 0.15) is 5.75 Å². The number of carbonyl (C=O) groups excluding carboxylic acids is 2. The van der Waals surface area contributed by atoms with E-state index in [9.17, 15) is 19.8 Å². The van der Waals surface area contributed by atoms with Crippen molar-refractivity contribution in [1.29, 1.82) is 0 Å². The van der Waals surface area contributed by atoms with Crippen LogP contribution in [0.25, 0.3) is 10.9 Å². The Labute approximate surface area is 178 Å². The Morgan fingerprint density at radius 1 is 1.00 bits per heavy atom. The molecule has 3 fully saturated rings. The number of phenolic OH excluding ortho intramolecular Hbond substituents is 2. The number of ketones is 2. The molecule has 31 heavy (non-hydrogen) atoms. The zero-order valence-corrected chi connectivity index (χ0v) is 16.9. The van der Waals surface area contributed by atoms with Crippen molar-refractivity contribution < 1.29 is 19.8 Å². The van der Waals surface area contributed by atoms with E-state index < -0.39 is 11.6 Å². The third-order valence-electron chi connectivity index (χ3n) is 7.24. The number of piperidine rings is 3. The molecule has 0 radical (unpaired) electrons. The van der Waals surface area contributed by atoms with E-state index in [1.165, 1.54) is 12.8 Å². The van der Waals surface area contributed by atoms with Crippen LogP contribution in [0.1, 0.15) is 50.2 Å². The van der Waals surface area contributed by atoms with Gasteiger partial charge in [0, 0.05) is 36.5 Å². The van der Waals surface area contributed by atoms with Gasteiger partial charge in [-0.2, -0.15) is 0 Å². The SMILES string of the molecule is O=C1c2ccccc2C(=O)c2c1c(O)c1[nH]cc(CNC3CN4CCC3CC4)c1c2O. The number of benzene rings is 2. The summed E-state index contributed by atoms with van der Waals surface area (Å²) < 4.78 is 0. The van der Waals surface area contributed by atoms with Crippen LogP contribution in [0.4, 0.5) is 0 Å². The fraction of sp³-hybridized carbons (Fsp3) is 0.333. The van der Waals surface area contributed by atoms with E-state index in [-0.39, 0.29) is 39.3 Å². The molecule has 158 valence electrons. The van der Waals surface area contributed by atoms with Crippen molar-refractivity contribution in [1.82, 2.24) is 15.2 Å². The quantitative estimate of drug-likeness (QED) is 0.382. The molecule has 2 aromatic carbocycles. The molecule has 3 aromatic rings. The van der Waals surface area contributed by atoms with Crippen LogP contribution < -0.4 is 5.32 Å². The molecule has 3 aliphatic heterocycles. The Bertz CT molecular complexity index is 1250. The minimum Gasteiger partial charge on any atom is -0.506 e. The van der Waals surface area contributed by atoms with Crippen LogP contribution in [-0.2, 0) is 6.54 Å². The van der Waals surface area contributed by atoms with Crippen LogP contribution in [0.5, 0.6) is 11.5 Å². The van der Waals surface area contributed by atoms with Gasteiger partial charge in [0.05, 0.1) is 22.0 Å². The number of rotatable bonds is 3. The number of carbonyl (C=O) groups is 2. The second-order valence-electron chi connectivity index (χ2n) is 8.84. The number of hydrogen-bond acceptors (Lipinski definition) is 6. The highest BCUT2D eigenvalue weighted by Crippen LogP contribution is 2.45. The van der Waals surface area contributed by atoms with Gasteiger partial charge in [-0.05, 0) is 37.4 Å². The van der Waals surface area contributed by atoms with Gasteiger partial charge in [-0.15, -0.1) is 0 Å². The molecule has 0 amide bonds. The molecule has 7 rings (SSSR count). The van der Waals surface area contributed by atoms with E-state index >= 15 is 0 Å². The molecule has 3 saturated heterocycles. The Kier molecular flexibility index (Phi) is 4.00. The smallest absolute Gasteiger partial charge is 0.198 e. The summed E-state index contributed by atoms with van der Waals surface area (Å²) in [6.45, 7) is 3.84. The van der Waals surface area contributed by atoms with Crippen molar-refractivity contribution in [2.75, 3.05) is 19.6 Å². The first-order valence-electron chi connectivity index (χ1n) is 10.8. The maximum absolute atomic E-state index is 13.1. The van der Waals surface area contributed by atoms with Gasteiger partial charge < -0.3 is 25.4 Å². The lowest BCUT2D eigenvalue weighted by Gasteiger charge is -2.45. The second-order valence-corrected chi connectivity index (χ2v) is 8.84. The van der Waals surface area contributed by atoms with E-state index in [2.05, 4.69) is 15.2 Å². The first kappa shape index (κ1) is 18.6. The van der Waals surface area contributed by atoms with Gasteiger partial charge in [0.15, 0.2) is 17.3 Å². The molecule has 1 aliphatic carbocycles. The van der Waals surface area contributed by atoms with E-state index in [0.717, 1.165) is 25.2 Å². The van der Waals surface area contributed by atoms with Crippen LogP contribution in [0.15, 0.2) is 30.5 Å². The summed E-state index contributed by atoms with van der Waals surface area (Å²) in [6, 6.07) is 6.89. The molecule has 2 bridgehead atoms. The average Bonchev–Trinajstić information content (AvgIpc) is 3.24. The van der Waals surface area contributed by atoms with Gasteiger partial charge in [-0.1, -0.05) is 24.3 Å². The average molecular weight is 417 g/mol. The van der Waals surface area contributed by atoms with E-state index in [1.807, 2.05) is 0 Å². The first-order chi connectivity index (χ1) is 15.0. The van der Waals surface area contributed by atoms with Crippen LogP contribution in [0.2, 0.25) is 0 Å². The lowest BCUT2D eigenvalue weighted by atomic mass is 9.82. The summed E-state index contributed by atoms with van der Waals surface area (Å²) in [7, 11) is 0. The molecule has 4 N–H and O–H groups in total. The number of aromatic nitrogens is 1. The lowest BCUT2D eigenvalue weighted by molar-refractivity contribution is 0.0720. The summed E-state index contributed by atoms with van der Waals surface area (Å²) >= 11 is 0. The predicted molar refractivity (Wildman–Crippen MR) is 115 cm³/mol. The summed E-state index contributed by atoms with van der Waals surface area (Å²) in [5.41, 5.74) is 1.29. The molecule has 4 aliphatic rings. The largest absolute Gasteiger partial charge is 0.506 e. The number of aromatic hydroxyl groups is 2. The highest BCUT2D eigenvalue weighted by atomic mass is 16.3. The molecule has 7 nitrogen and oxygen atoms in total. The molecule has 1 aromatic heterocycles. The molecule has 7 heteroatoms. The van der Waals surface area contributed by atoms with Gasteiger partial charge in [0.2, 0.25) is 0 Å². The van der Waals surface area contributed by atoms with E-state index in [4.69, 9.17) is 0 Å². The molecular weight excluding hydrogens is 394 g/mol. The van der Waals surface area contributed by atoms with E-state index in [1.54, 1.807) is 30.5 Å². The zero-order valence-electron chi connectivity index (χ0n) is 16.9. The number of hydrogen-bond donors (Lipinski definition) is 4. The third-order valence-corrected chi connectivity index (χ3v) is 7.24. The number of fused-ring (bicyclic) bond motifs is 6. The standard InChI is InChI=1S/C24H23N3O4/c28-21-14-3-1-2-4-15(14)22(29)19-18(21)23(30)17-13(10-26-20(17)24(19)31)9-25-16-11-27-7-5-12(16)6-8-27/h1-4,10,12,16,25-26,30-31H,5-9,11H2. The molecule has 0 spiro atoms. The highest BCUT2D eigenvalue weighted by molar-refractivity contribution is 6.32. The summed E-state index contributed by atoms with van der Waals surface area (Å²) in [6.07, 6.45) is 4.12. The summed E-state index contributed by atoms with van der Waals surface area (Å²) in [5.74, 6) is -0.785. The number of H-pyrrole nitrogens is 1. The lowest BCUT2D eigenvalue weighted by Crippen LogP contribution is -2.55. The zero-order chi connectivity index (χ0) is 21.3. The first-order valence-corrected chi connectivity index (χ1v) is 10.8. The molecule has 1 unspecified atom stereocenters. The molecule has 1 atom stereocenters. The van der Waals surface area contributed by atoms with Gasteiger partial charge in [-0.25, -0.2) is 0 Å². The minimum absolute atomic E-state index is 0.114. The van der Waals surface area contributed by atoms with Crippen molar-refractivity contribution in [3.05, 3.63) is 58.3 Å². The minimum atomic E-state index is -0.457. The Morgan fingerprint density at radius 3 is 2.26 bits per heavy atom. The molecular formula is C24H23N3O4. The monoisotopic (exact) mass is 417 g/mol. The maximum atomic E-state index is 13.1. The maximum Gasteiger partial charge on any atom is 0.198 e. The summed E-state index contributed by atoms with van der Waals surface area (Å²) in [4.78, 5) is 31.6. The normalized spacial score (nSPS) is 24.5. The van der Waals surface area contributed by atoms with E-state index in [0.29, 0.717) is 23.9 Å². The van der Waals surface area contributed by atoms with Crippen molar-refractivity contribution >= 4 is 22.5 Å². The second kappa shape index (κ2) is 6.67. The number of nitrogens with zero attached hydrogens (tertiary/aromatic N) is 1. The van der Waals surface area contributed by atoms with Crippen LogP contribution >= 0.6 is 0 Å². The van der Waals surface area contributed by atoms with Crippen molar-refractivity contribution in [3.8, 4) is 11.5 Å². The van der Waals surface area contributed by atoms with Crippen LogP contribution in [-0.4, -0.2) is 57.3 Å². The van der Waals surface area contributed by atoms with Crippen molar-refractivity contribution in [2.45, 2.75) is 25.4 Å². The Balaban J connectivity index is 1.42. The number of aromatic amines is 1. The highest BCUT2D eigenvalue weighted by Gasteiger charge is 2.37. The molecule has 0 saturated carbocycles. The van der Waals surface area contributed by atoms with Gasteiger partial charge in [-0.3, -0.25) is 9.59 Å². The van der Waals surface area contributed by atoms with Crippen LogP contribution in [0, 0.1) is 5.92 Å². The predicted octanol–water partition coefficient (Wildman–Crippen LogP) is 2.54. The number of phenols is 2. The third kappa shape index (κ3) is 2.60. The van der Waals surface area contributed by atoms with Crippen molar-refractivity contribution in [2.24, 2.45) is 5.92 Å². The topological polar surface area (TPSA) is 106 Å². The number of nitrogens with one attached hydrogen (secondary N) is 2. The molecule has 4 heterocycles. The summed E-state index contributed by atoms with van der Waals surface area (Å²) in [5, 5.41) is 26.0. The van der Waals surface area contributed by atoms with Crippen molar-refractivity contribution in [3.63, 3.8) is 0 Å². The fourth-order valence-corrected chi connectivity index (χ4v) is 5.58.